The monoisotopic (exact) mass is 258 g/mol. The number of benzene rings is 1. The van der Waals surface area contributed by atoms with E-state index in [2.05, 4.69) is 0 Å². The van der Waals surface area contributed by atoms with Crippen LogP contribution in [-0.4, -0.2) is 13.2 Å². The maximum absolute atomic E-state index is 12.5. The average molecular weight is 258 g/mol. The summed E-state index contributed by atoms with van der Waals surface area (Å²) in [5, 5.41) is 0.496. The molecule has 0 aliphatic heterocycles. The van der Waals surface area contributed by atoms with E-state index in [1.807, 2.05) is 0 Å². The maximum atomic E-state index is 12.5. The molecule has 0 aliphatic rings. The van der Waals surface area contributed by atoms with Gasteiger partial charge in [0.25, 0.3) is 0 Å². The van der Waals surface area contributed by atoms with E-state index in [0.717, 1.165) is 5.56 Å². The van der Waals surface area contributed by atoms with E-state index < -0.39 is 7.60 Å². The second kappa shape index (κ2) is 6.17. The second-order valence-corrected chi connectivity index (χ2v) is 5.45. The number of nitrogen functional groups attached to an aromatic ring is 1. The standard InChI is InChI=1S/C11H19N2O3P/c1-3-15-17(14,16-4-2)10-5-6-11(13)9(7-10)8-12/h5-7H,3-4,8,12-13H2,1-2H3. The first kappa shape index (κ1) is 14.2. The molecule has 0 fully saturated rings. The zero-order valence-corrected chi connectivity index (χ0v) is 11.1. The molecule has 0 amide bonds. The van der Waals surface area contributed by atoms with E-state index in [1.165, 1.54) is 0 Å². The van der Waals surface area contributed by atoms with Crippen LogP contribution in [0.2, 0.25) is 0 Å². The number of nitrogens with two attached hydrogens (primary N) is 2. The lowest BCUT2D eigenvalue weighted by Crippen LogP contribution is -2.13. The molecule has 4 N–H and O–H groups in total. The van der Waals surface area contributed by atoms with Crippen molar-refractivity contribution in [1.82, 2.24) is 0 Å². The van der Waals surface area contributed by atoms with Gasteiger partial charge in [0.05, 0.1) is 18.5 Å². The van der Waals surface area contributed by atoms with Crippen LogP contribution in [-0.2, 0) is 20.2 Å². The summed E-state index contributed by atoms with van der Waals surface area (Å²) in [6, 6.07) is 5.00. The van der Waals surface area contributed by atoms with Crippen molar-refractivity contribution in [3.63, 3.8) is 0 Å². The summed E-state index contributed by atoms with van der Waals surface area (Å²) in [6.45, 7) is 4.47. The summed E-state index contributed by atoms with van der Waals surface area (Å²) < 4.78 is 23.0. The van der Waals surface area contributed by atoms with Crippen molar-refractivity contribution in [3.8, 4) is 0 Å². The maximum Gasteiger partial charge on any atom is 0.361 e. The van der Waals surface area contributed by atoms with Crippen molar-refractivity contribution in [3.05, 3.63) is 23.8 Å². The Bertz CT molecular complexity index is 413. The number of rotatable bonds is 6. The van der Waals surface area contributed by atoms with Crippen LogP contribution >= 0.6 is 7.60 Å². The predicted molar refractivity (Wildman–Crippen MR) is 69.2 cm³/mol. The molecule has 96 valence electrons. The molecule has 0 spiro atoms. The Balaban J connectivity index is 3.14. The average Bonchev–Trinajstić information content (AvgIpc) is 2.30. The summed E-state index contributed by atoms with van der Waals surface area (Å²) in [5.74, 6) is 0. The summed E-state index contributed by atoms with van der Waals surface area (Å²) in [5.41, 5.74) is 12.6. The zero-order chi connectivity index (χ0) is 12.9. The summed E-state index contributed by atoms with van der Waals surface area (Å²) >= 11 is 0. The van der Waals surface area contributed by atoms with E-state index in [0.29, 0.717) is 24.2 Å². The fourth-order valence-electron chi connectivity index (χ4n) is 1.47. The van der Waals surface area contributed by atoms with Crippen molar-refractivity contribution >= 4 is 18.6 Å². The third kappa shape index (κ3) is 3.30. The van der Waals surface area contributed by atoms with Crippen LogP contribution in [0.4, 0.5) is 5.69 Å². The zero-order valence-electron chi connectivity index (χ0n) is 10.2. The van der Waals surface area contributed by atoms with Gasteiger partial charge >= 0.3 is 7.60 Å². The second-order valence-electron chi connectivity index (χ2n) is 3.42. The minimum absolute atomic E-state index is 0.290. The fourth-order valence-corrected chi connectivity index (χ4v) is 3.09. The van der Waals surface area contributed by atoms with Crippen LogP contribution in [0.25, 0.3) is 0 Å². The lowest BCUT2D eigenvalue weighted by molar-refractivity contribution is 0.230. The fraction of sp³-hybridized carbons (Fsp3) is 0.455. The van der Waals surface area contributed by atoms with Gasteiger partial charge in [-0.1, -0.05) is 0 Å². The first-order valence-corrected chi connectivity index (χ1v) is 7.09. The van der Waals surface area contributed by atoms with Crippen LogP contribution in [0.3, 0.4) is 0 Å². The van der Waals surface area contributed by atoms with E-state index >= 15 is 0 Å². The van der Waals surface area contributed by atoms with Crippen molar-refractivity contribution < 1.29 is 13.6 Å². The summed E-state index contributed by atoms with van der Waals surface area (Å²) in [6.07, 6.45) is 0. The topological polar surface area (TPSA) is 87.6 Å². The van der Waals surface area contributed by atoms with Gasteiger partial charge in [-0.3, -0.25) is 4.57 Å². The minimum atomic E-state index is -3.24. The summed E-state index contributed by atoms with van der Waals surface area (Å²) in [7, 11) is -3.24. The van der Waals surface area contributed by atoms with Gasteiger partial charge in [0.2, 0.25) is 0 Å². The van der Waals surface area contributed by atoms with Crippen molar-refractivity contribution in [1.29, 1.82) is 0 Å². The molecule has 0 radical (unpaired) electrons. The molecule has 6 heteroatoms. The molecule has 0 atom stereocenters. The van der Waals surface area contributed by atoms with E-state index in [9.17, 15) is 4.57 Å². The van der Waals surface area contributed by atoms with Gasteiger partial charge in [-0.2, -0.15) is 0 Å². The molecule has 1 aromatic carbocycles. The van der Waals surface area contributed by atoms with Gasteiger partial charge in [0, 0.05) is 12.2 Å². The molecule has 17 heavy (non-hydrogen) atoms. The van der Waals surface area contributed by atoms with Crippen LogP contribution in [0.5, 0.6) is 0 Å². The van der Waals surface area contributed by atoms with E-state index in [-0.39, 0.29) is 6.54 Å². The summed E-state index contributed by atoms with van der Waals surface area (Å²) in [4.78, 5) is 0. The molecule has 0 aliphatic carbocycles. The first-order valence-electron chi connectivity index (χ1n) is 5.55. The first-order chi connectivity index (χ1) is 8.07. The molecular formula is C11H19N2O3P. The van der Waals surface area contributed by atoms with Gasteiger partial charge in [0.1, 0.15) is 0 Å². The van der Waals surface area contributed by atoms with Crippen molar-refractivity contribution in [2.45, 2.75) is 20.4 Å². The molecule has 1 rings (SSSR count). The number of hydrogen-bond donors (Lipinski definition) is 2. The normalized spacial score (nSPS) is 11.7. The molecule has 0 aromatic heterocycles. The lowest BCUT2D eigenvalue weighted by Gasteiger charge is -2.18. The molecule has 0 saturated heterocycles. The van der Waals surface area contributed by atoms with Gasteiger partial charge in [-0.05, 0) is 37.6 Å². The van der Waals surface area contributed by atoms with Crippen LogP contribution in [0, 0.1) is 0 Å². The van der Waals surface area contributed by atoms with Crippen LogP contribution in [0.1, 0.15) is 19.4 Å². The highest BCUT2D eigenvalue weighted by Gasteiger charge is 2.26. The Hall–Kier alpha value is -0.870. The molecule has 5 nitrogen and oxygen atoms in total. The Morgan fingerprint density at radius 2 is 1.82 bits per heavy atom. The van der Waals surface area contributed by atoms with Gasteiger partial charge in [0.15, 0.2) is 0 Å². The van der Waals surface area contributed by atoms with Gasteiger partial charge < -0.3 is 20.5 Å². The molecule has 0 heterocycles. The molecule has 0 unspecified atom stereocenters. The third-order valence-electron chi connectivity index (χ3n) is 2.26. The van der Waals surface area contributed by atoms with Gasteiger partial charge in [-0.25, -0.2) is 0 Å². The lowest BCUT2D eigenvalue weighted by atomic mass is 10.2. The quantitative estimate of drug-likeness (QED) is 0.598. The van der Waals surface area contributed by atoms with Crippen molar-refractivity contribution in [2.24, 2.45) is 5.73 Å². The Morgan fingerprint density at radius 3 is 2.29 bits per heavy atom. The predicted octanol–water partition coefficient (Wildman–Crippen LogP) is 1.62. The largest absolute Gasteiger partial charge is 0.398 e. The highest BCUT2D eigenvalue weighted by atomic mass is 31.2. The Morgan fingerprint density at radius 1 is 1.24 bits per heavy atom. The van der Waals surface area contributed by atoms with E-state index in [1.54, 1.807) is 32.0 Å². The number of hydrogen-bond acceptors (Lipinski definition) is 5. The highest BCUT2D eigenvalue weighted by molar-refractivity contribution is 7.62. The van der Waals surface area contributed by atoms with Crippen LogP contribution in [0.15, 0.2) is 18.2 Å². The van der Waals surface area contributed by atoms with Crippen LogP contribution < -0.4 is 16.8 Å². The molecule has 1 aromatic rings. The molecule has 0 saturated carbocycles. The number of anilines is 1. The Labute approximate surface area is 102 Å². The molecule has 0 bridgehead atoms. The Kier molecular flexibility index (Phi) is 5.15. The third-order valence-corrected chi connectivity index (χ3v) is 4.37. The van der Waals surface area contributed by atoms with Gasteiger partial charge in [-0.15, -0.1) is 0 Å². The van der Waals surface area contributed by atoms with Crippen molar-refractivity contribution in [2.75, 3.05) is 18.9 Å². The van der Waals surface area contributed by atoms with E-state index in [4.69, 9.17) is 20.5 Å². The minimum Gasteiger partial charge on any atom is -0.398 e. The highest BCUT2D eigenvalue weighted by Crippen LogP contribution is 2.47. The smallest absolute Gasteiger partial charge is 0.361 e. The molecular weight excluding hydrogens is 239 g/mol. The SMILES string of the molecule is CCOP(=O)(OCC)c1ccc(N)c(CN)c1.